The molecule has 162 valence electrons. The first kappa shape index (κ1) is 24.0. The van der Waals surface area contributed by atoms with Crippen molar-refractivity contribution < 1.29 is 37.3 Å². The third-order valence-corrected chi connectivity index (χ3v) is 6.64. The Morgan fingerprint density at radius 1 is 1.00 bits per heavy atom. The molecule has 30 heavy (non-hydrogen) atoms. The number of hydrogen-bond donors (Lipinski definition) is 2. The van der Waals surface area contributed by atoms with Crippen LogP contribution in [0.1, 0.15) is 18.1 Å². The highest BCUT2D eigenvalue weighted by Gasteiger charge is 2.58. The number of alkyl halides is 3. The molecule has 0 unspecified atom stereocenters. The van der Waals surface area contributed by atoms with E-state index in [0.29, 0.717) is 0 Å². The van der Waals surface area contributed by atoms with E-state index in [-0.39, 0.29) is 22.6 Å². The van der Waals surface area contributed by atoms with Gasteiger partial charge < -0.3 is 19.4 Å². The number of ether oxygens (including phenoxy) is 1. The minimum Gasteiger partial charge on any atom is -0.465 e. The van der Waals surface area contributed by atoms with E-state index in [0.717, 1.165) is 0 Å². The first-order valence-electron chi connectivity index (χ1n) is 8.67. The fourth-order valence-electron chi connectivity index (χ4n) is 3.13. The minimum absolute atomic E-state index is 0.0520. The summed E-state index contributed by atoms with van der Waals surface area (Å²) in [7, 11) is 0. The second kappa shape index (κ2) is 9.26. The Balaban J connectivity index is 2.93. The van der Waals surface area contributed by atoms with E-state index < -0.39 is 36.4 Å². The lowest BCUT2D eigenvalue weighted by atomic mass is 9.95. The molecule has 11 heteroatoms. The van der Waals surface area contributed by atoms with Gasteiger partial charge >= 0.3 is 18.1 Å². The zero-order valence-corrected chi connectivity index (χ0v) is 17.5. The molecule has 0 aromatic heterocycles. The van der Waals surface area contributed by atoms with Crippen molar-refractivity contribution in [1.29, 1.82) is 0 Å². The van der Waals surface area contributed by atoms with E-state index in [4.69, 9.17) is 16.5 Å². The smallest absolute Gasteiger partial charge is 0.465 e. The Kier molecular flexibility index (Phi) is 7.41. The van der Waals surface area contributed by atoms with Gasteiger partial charge in [-0.25, -0.2) is 0 Å². The summed E-state index contributed by atoms with van der Waals surface area (Å²) in [5.41, 5.74) is -0.183. The van der Waals surface area contributed by atoms with Crippen molar-refractivity contribution in [3.05, 3.63) is 71.8 Å². The molecule has 0 atom stereocenters. The monoisotopic (exact) mass is 461 g/mol. The second-order valence-corrected chi connectivity index (χ2v) is 9.41. The van der Waals surface area contributed by atoms with E-state index in [9.17, 15) is 32.5 Å². The predicted molar refractivity (Wildman–Crippen MR) is 107 cm³/mol. The largest absolute Gasteiger partial charge is 0.471 e. The lowest BCUT2D eigenvalue weighted by Crippen LogP contribution is -2.56. The minimum atomic E-state index is -5.42. The zero-order valence-electron chi connectivity index (χ0n) is 15.7. The number of carbonyl (C=O) groups excluding carboxylic acids is 2. The first-order valence-corrected chi connectivity index (χ1v) is 11.4. The number of carbonyl (C=O) groups is 2. The van der Waals surface area contributed by atoms with Crippen LogP contribution in [0, 0.1) is 0 Å². The summed E-state index contributed by atoms with van der Waals surface area (Å²) in [6.07, 6.45) is -5.42. The Bertz CT molecular complexity index is 895. The van der Waals surface area contributed by atoms with Gasteiger partial charge in [0.15, 0.2) is 5.28 Å². The summed E-state index contributed by atoms with van der Waals surface area (Å²) in [6, 6.07) is 14.1. The molecule has 2 rings (SSSR count). The van der Waals surface area contributed by atoms with Gasteiger partial charge in [-0.15, -0.1) is 0 Å². The van der Waals surface area contributed by atoms with Crippen LogP contribution in [0.25, 0.3) is 0 Å². The van der Waals surface area contributed by atoms with Gasteiger partial charge in [0.25, 0.3) is 0 Å². The van der Waals surface area contributed by atoms with Crippen LogP contribution in [0.2, 0.25) is 0 Å². The molecule has 1 amide bonds. The van der Waals surface area contributed by atoms with Gasteiger partial charge in [-0.3, -0.25) is 9.59 Å². The summed E-state index contributed by atoms with van der Waals surface area (Å²) in [6.45, 7) is -4.68. The average Bonchev–Trinajstić information content (AvgIpc) is 2.67. The lowest BCUT2D eigenvalue weighted by molar-refractivity contribution is -0.190. The quantitative estimate of drug-likeness (QED) is 0.487. The number of benzene rings is 2. The normalized spacial score (nSPS) is 12.3. The summed E-state index contributed by atoms with van der Waals surface area (Å²) >= 11 is 4.93. The van der Waals surface area contributed by atoms with Gasteiger partial charge in [-0.05, 0) is 29.9 Å². The molecule has 0 bridgehead atoms. The van der Waals surface area contributed by atoms with Gasteiger partial charge in [0.05, 0.1) is 6.61 Å². The topological polar surface area (TPSA) is 87.1 Å². The average molecular weight is 461 g/mol. The van der Waals surface area contributed by atoms with E-state index in [1.807, 2.05) is 0 Å². The summed E-state index contributed by atoms with van der Waals surface area (Å²) in [5, 5.41) is -2.55. The molecule has 0 fully saturated rings. The van der Waals surface area contributed by atoms with Crippen LogP contribution >= 0.6 is 6.49 Å². The molecule has 6 nitrogen and oxygen atoms in total. The van der Waals surface area contributed by atoms with Gasteiger partial charge in [-0.1, -0.05) is 60.7 Å². The number of esters is 1. The molecule has 2 N–H and O–H groups in total. The third-order valence-electron chi connectivity index (χ3n) is 4.25. The van der Waals surface area contributed by atoms with Crippen LogP contribution in [0.15, 0.2) is 60.7 Å². The van der Waals surface area contributed by atoms with Crippen LogP contribution in [0.3, 0.4) is 0 Å². The van der Waals surface area contributed by atoms with Crippen LogP contribution in [0.5, 0.6) is 0 Å². The summed E-state index contributed by atoms with van der Waals surface area (Å²) in [4.78, 5) is 46.2. The van der Waals surface area contributed by atoms with Crippen molar-refractivity contribution in [2.24, 2.45) is 0 Å². The molecule has 0 aliphatic rings. The molecule has 0 radical (unpaired) electrons. The van der Waals surface area contributed by atoms with Crippen molar-refractivity contribution >= 4 is 30.2 Å². The molecular weight excluding hydrogens is 442 g/mol. The maximum atomic E-state index is 13.6. The molecule has 2 aromatic rings. The molecular formula is C19H19F3NO5PS. The number of halogens is 3. The second-order valence-electron chi connectivity index (χ2n) is 6.14. The highest BCUT2D eigenvalue weighted by Crippen LogP contribution is 2.63. The van der Waals surface area contributed by atoms with Gasteiger partial charge in [0.2, 0.25) is 6.49 Å². The molecule has 2 aromatic carbocycles. The summed E-state index contributed by atoms with van der Waals surface area (Å²) < 4.78 is 45.4. The fraction of sp³-hybridized carbons (Fsp3) is 0.263. The van der Waals surface area contributed by atoms with E-state index in [2.05, 4.69) is 0 Å². The highest BCUT2D eigenvalue weighted by molar-refractivity contribution is 8.09. The van der Waals surface area contributed by atoms with Crippen LogP contribution in [0.4, 0.5) is 13.2 Å². The predicted octanol–water partition coefficient (Wildman–Crippen LogP) is 3.14. The van der Waals surface area contributed by atoms with Crippen molar-refractivity contribution in [1.82, 2.24) is 4.90 Å². The molecule has 0 saturated carbocycles. The van der Waals surface area contributed by atoms with Crippen LogP contribution in [-0.4, -0.2) is 45.9 Å². The van der Waals surface area contributed by atoms with Gasteiger partial charge in [-0.2, -0.15) is 13.2 Å². The zero-order chi connectivity index (χ0) is 22.6. The Hall–Kier alpha value is -2.26. The van der Waals surface area contributed by atoms with Gasteiger partial charge in [0.1, 0.15) is 6.54 Å². The Labute approximate surface area is 176 Å². The molecule has 0 aliphatic heterocycles. The maximum absolute atomic E-state index is 13.6. The SMILES string of the molecule is CCOC(=O)CN(C(=O)C(F)(F)F)C(c1ccccc1)(c1ccccc1)P(O)(O)=S. The first-order chi connectivity index (χ1) is 14.0. The van der Waals surface area contributed by atoms with Crippen molar-refractivity contribution in [2.45, 2.75) is 18.4 Å². The number of rotatable bonds is 7. The number of amides is 1. The Morgan fingerprint density at radius 2 is 1.43 bits per heavy atom. The highest BCUT2D eigenvalue weighted by atomic mass is 32.5. The van der Waals surface area contributed by atoms with Gasteiger partial charge in [0, 0.05) is 0 Å². The Morgan fingerprint density at radius 3 is 1.77 bits per heavy atom. The molecule has 0 saturated heterocycles. The van der Waals surface area contributed by atoms with Crippen molar-refractivity contribution in [3.63, 3.8) is 0 Å². The number of nitrogens with zero attached hydrogens (tertiary/aromatic N) is 1. The summed E-state index contributed by atoms with van der Waals surface area (Å²) in [5.74, 6) is -3.62. The third kappa shape index (κ3) is 4.73. The van der Waals surface area contributed by atoms with Crippen LogP contribution < -0.4 is 0 Å². The molecule has 0 aliphatic carbocycles. The van der Waals surface area contributed by atoms with E-state index in [1.165, 1.54) is 55.5 Å². The molecule has 0 spiro atoms. The van der Waals surface area contributed by atoms with E-state index >= 15 is 0 Å². The molecule has 0 heterocycles. The van der Waals surface area contributed by atoms with Crippen molar-refractivity contribution in [3.8, 4) is 0 Å². The number of hydrogen-bond acceptors (Lipinski definition) is 4. The lowest BCUT2D eigenvalue weighted by Gasteiger charge is -2.46. The standard InChI is InChI=1S/C19H19F3NO5PS/c1-2-28-16(24)13-23(17(25)19(20,21)22)18(29(26,27)30,14-9-5-3-6-10-14)15-11-7-4-8-12-15/h3-12H,2,13H2,1H3,(H2,26,27,30). The van der Waals surface area contributed by atoms with Crippen LogP contribution in [-0.2, 0) is 31.4 Å². The van der Waals surface area contributed by atoms with E-state index in [1.54, 1.807) is 12.1 Å². The maximum Gasteiger partial charge on any atom is 0.471 e. The fourth-order valence-corrected chi connectivity index (χ4v) is 5.51. The van der Waals surface area contributed by atoms with Crippen molar-refractivity contribution in [2.75, 3.05) is 13.2 Å².